The Kier molecular flexibility index (Phi) is 5.38. The largest absolute Gasteiger partial charge is 0.613 e. The number of hydrogen-bond acceptors (Lipinski definition) is 4. The number of amides is 1. The zero-order chi connectivity index (χ0) is 21.2. The van der Waals surface area contributed by atoms with Crippen LogP contribution in [-0.2, 0) is 4.84 Å². The number of hydroxylamine groups is 2. The van der Waals surface area contributed by atoms with E-state index in [1.165, 1.54) is 35.2 Å². The van der Waals surface area contributed by atoms with E-state index < -0.39 is 22.9 Å². The molecule has 1 amide bonds. The summed E-state index contributed by atoms with van der Waals surface area (Å²) in [5.41, 5.74) is -0.140. The molecule has 0 aromatic heterocycles. The molecule has 9 heteroatoms. The Hall–Kier alpha value is -3.07. The van der Waals surface area contributed by atoms with Crippen LogP contribution in [0.3, 0.4) is 0 Å². The monoisotopic (exact) mass is 420 g/mol. The first kappa shape index (κ1) is 20.2. The summed E-state index contributed by atoms with van der Waals surface area (Å²) in [6, 6.07) is 13.4. The van der Waals surface area contributed by atoms with Crippen molar-refractivity contribution < 1.29 is 27.5 Å². The molecule has 2 aromatic carbocycles. The second-order valence-corrected chi connectivity index (χ2v) is 7.01. The minimum atomic E-state index is -5.02. The number of alkyl halides is 3. The van der Waals surface area contributed by atoms with Crippen LogP contribution in [-0.4, -0.2) is 49.4 Å². The molecule has 0 radical (unpaired) electrons. The summed E-state index contributed by atoms with van der Waals surface area (Å²) in [6.07, 6.45) is -4.60. The maximum atomic E-state index is 14.9. The van der Waals surface area contributed by atoms with Crippen molar-refractivity contribution in [2.45, 2.75) is 19.1 Å². The van der Waals surface area contributed by atoms with Crippen molar-refractivity contribution in [3.63, 3.8) is 0 Å². The molecule has 1 fully saturated rings. The lowest BCUT2D eigenvalue weighted by Gasteiger charge is -2.35. The maximum absolute atomic E-state index is 14.9. The summed E-state index contributed by atoms with van der Waals surface area (Å²) in [4.78, 5) is 23.7. The number of benzene rings is 2. The summed E-state index contributed by atoms with van der Waals surface area (Å²) in [5, 5.41) is 0. The summed E-state index contributed by atoms with van der Waals surface area (Å²) in [5.74, 6) is -0.178. The normalized spacial score (nSPS) is 18.5. The molecular weight excluding hydrogens is 399 g/mol. The van der Waals surface area contributed by atoms with E-state index >= 15 is 0 Å². The molecule has 2 aromatic rings. The Labute approximate surface area is 171 Å². The van der Waals surface area contributed by atoms with Crippen molar-refractivity contribution in [3.8, 4) is 5.75 Å². The highest BCUT2D eigenvalue weighted by atomic mass is 19.4. The molecule has 30 heavy (non-hydrogen) atoms. The molecule has 158 valence electrons. The van der Waals surface area contributed by atoms with Gasteiger partial charge < -0.3 is 9.64 Å². The quantitative estimate of drug-likeness (QED) is 0.388. The molecule has 0 N–H and O–H groups in total. The predicted molar refractivity (Wildman–Crippen MR) is 105 cm³/mol. The number of rotatable bonds is 1. The fourth-order valence-electron chi connectivity index (χ4n) is 3.69. The molecule has 6 nitrogen and oxygen atoms in total. The number of aliphatic imine (C=N–C) groups is 1. The number of ether oxygens (including phenoxy) is 1. The lowest BCUT2D eigenvalue weighted by atomic mass is 10.1. The smallest absolute Gasteiger partial charge is 0.491 e. The highest BCUT2D eigenvalue weighted by Gasteiger charge is 2.67. The van der Waals surface area contributed by atoms with E-state index in [9.17, 15) is 18.0 Å². The van der Waals surface area contributed by atoms with E-state index in [1.807, 2.05) is 0 Å². The zero-order valence-corrected chi connectivity index (χ0v) is 16.1. The third kappa shape index (κ3) is 3.49. The van der Waals surface area contributed by atoms with E-state index in [1.54, 1.807) is 24.3 Å². The number of quaternary nitrogens is 1. The molecule has 2 aliphatic rings. The van der Waals surface area contributed by atoms with Crippen molar-refractivity contribution in [1.29, 1.82) is 0 Å². The van der Waals surface area contributed by atoms with E-state index in [-0.39, 0.29) is 30.2 Å². The number of carbonyl (C=O) groups is 1. The van der Waals surface area contributed by atoms with Crippen LogP contribution in [0.15, 0.2) is 59.6 Å². The second-order valence-electron chi connectivity index (χ2n) is 7.01. The number of amidine groups is 1. The zero-order valence-electron chi connectivity index (χ0n) is 16.1. The Balaban J connectivity index is 1.93. The van der Waals surface area contributed by atoms with Gasteiger partial charge in [-0.1, -0.05) is 30.3 Å². The van der Waals surface area contributed by atoms with Crippen LogP contribution < -0.4 is 9.38 Å². The summed E-state index contributed by atoms with van der Waals surface area (Å²) >= 11 is 0. The van der Waals surface area contributed by atoms with Crippen LogP contribution in [0, 0.1) is 0 Å². The predicted octanol–water partition coefficient (Wildman–Crippen LogP) is 4.50. The highest BCUT2D eigenvalue weighted by molar-refractivity contribution is 6.08. The van der Waals surface area contributed by atoms with Gasteiger partial charge in [0.15, 0.2) is 5.69 Å². The molecule has 1 saturated heterocycles. The van der Waals surface area contributed by atoms with Gasteiger partial charge in [-0.15, -0.1) is 13.2 Å². The minimum absolute atomic E-state index is 0.00576. The van der Waals surface area contributed by atoms with Gasteiger partial charge in [-0.05, 0) is 25.0 Å². The molecule has 2 heterocycles. The molecule has 1 atom stereocenters. The van der Waals surface area contributed by atoms with E-state index in [0.717, 1.165) is 12.8 Å². The first-order chi connectivity index (χ1) is 14.4. The molecule has 0 saturated carbocycles. The number of likely N-dealkylation sites (tertiary alicyclic amines) is 1. The molecule has 4 rings (SSSR count). The van der Waals surface area contributed by atoms with Gasteiger partial charge in [-0.25, -0.2) is 14.6 Å². The fourth-order valence-corrected chi connectivity index (χ4v) is 3.69. The third-order valence-corrected chi connectivity index (χ3v) is 5.09. The average molecular weight is 420 g/mol. The minimum Gasteiger partial charge on any atom is -0.491 e. The summed E-state index contributed by atoms with van der Waals surface area (Å²) in [6.45, 7) is 0.830. The van der Waals surface area contributed by atoms with E-state index in [2.05, 4.69) is 4.99 Å². The van der Waals surface area contributed by atoms with Crippen LogP contribution in [0.25, 0.3) is 0 Å². The van der Waals surface area contributed by atoms with Gasteiger partial charge in [-0.3, -0.25) is 0 Å². The lowest BCUT2D eigenvalue weighted by molar-refractivity contribution is -0.303. The van der Waals surface area contributed by atoms with Gasteiger partial charge in [0.05, 0.1) is 6.54 Å². The fraction of sp³-hybridized carbons (Fsp3) is 0.333. The highest BCUT2D eigenvalue weighted by Crippen LogP contribution is 2.42. The van der Waals surface area contributed by atoms with Crippen molar-refractivity contribution in [1.82, 2.24) is 9.55 Å². The van der Waals surface area contributed by atoms with Crippen molar-refractivity contribution in [2.75, 3.05) is 26.2 Å². The number of carbonyl (C=O) groups excluding carboxylic acids is 1. The molecule has 0 aliphatic carbocycles. The Morgan fingerprint density at radius 1 is 1.03 bits per heavy atom. The lowest BCUT2D eigenvalue weighted by Crippen LogP contribution is -2.65. The maximum Gasteiger partial charge on any atom is 0.613 e. The molecule has 0 bridgehead atoms. The van der Waals surface area contributed by atoms with Crippen molar-refractivity contribution in [2.24, 2.45) is 4.99 Å². The summed E-state index contributed by atoms with van der Waals surface area (Å²) < 4.78 is 48.1. The van der Waals surface area contributed by atoms with Gasteiger partial charge in [-0.2, -0.15) is 0 Å². The van der Waals surface area contributed by atoms with Crippen LogP contribution >= 0.6 is 0 Å². The number of nitrogens with zero attached hydrogens (tertiary/aromatic N) is 3. The van der Waals surface area contributed by atoms with E-state index in [4.69, 9.17) is 9.57 Å². The first-order valence-electron chi connectivity index (χ1n) is 9.71. The number of para-hydroxylation sites is 2. The SMILES string of the molecule is O=C(O[N+](C1=NCCOc2ccccc21)(c1ccccc1)C(F)(F)F)N1CCCC1. The molecule has 0 spiro atoms. The number of fused-ring (bicyclic) bond motifs is 1. The third-order valence-electron chi connectivity index (χ3n) is 5.09. The van der Waals surface area contributed by atoms with Crippen LogP contribution in [0.4, 0.5) is 23.7 Å². The van der Waals surface area contributed by atoms with Crippen molar-refractivity contribution in [3.05, 3.63) is 60.2 Å². The van der Waals surface area contributed by atoms with Gasteiger partial charge >= 0.3 is 12.4 Å². The standard InChI is InChI=1S/C21H21F3N3O3/c22-21(23,24)27(16-8-2-1-3-9-16,30-20(28)26-13-6-7-14-26)19-17-10-4-5-11-18(17)29-15-12-25-19/h1-5,8-11H,6-7,12-15H2/q+1. The van der Waals surface area contributed by atoms with Crippen LogP contribution in [0.1, 0.15) is 18.4 Å². The second kappa shape index (κ2) is 7.98. The Bertz CT molecular complexity index is 943. The Morgan fingerprint density at radius 2 is 1.70 bits per heavy atom. The van der Waals surface area contributed by atoms with Gasteiger partial charge in [0, 0.05) is 29.9 Å². The van der Waals surface area contributed by atoms with E-state index in [0.29, 0.717) is 13.1 Å². The van der Waals surface area contributed by atoms with Crippen LogP contribution in [0.5, 0.6) is 5.75 Å². The molecule has 1 unspecified atom stereocenters. The molecular formula is C21H21F3N3O3+. The number of hydrogen-bond donors (Lipinski definition) is 0. The topological polar surface area (TPSA) is 51.1 Å². The van der Waals surface area contributed by atoms with Gasteiger partial charge in [0.1, 0.15) is 17.9 Å². The average Bonchev–Trinajstić information content (AvgIpc) is 3.19. The Morgan fingerprint density at radius 3 is 2.40 bits per heavy atom. The van der Waals surface area contributed by atoms with Crippen LogP contribution in [0.2, 0.25) is 0 Å². The number of halogens is 3. The van der Waals surface area contributed by atoms with Crippen molar-refractivity contribution >= 4 is 17.6 Å². The van der Waals surface area contributed by atoms with Gasteiger partial charge in [0.2, 0.25) is 0 Å². The summed E-state index contributed by atoms with van der Waals surface area (Å²) in [7, 11) is 0. The first-order valence-corrected chi connectivity index (χ1v) is 9.71. The molecule has 2 aliphatic heterocycles. The van der Waals surface area contributed by atoms with Gasteiger partial charge in [0.25, 0.3) is 5.84 Å².